The molecule has 0 aromatic carbocycles. The summed E-state index contributed by atoms with van der Waals surface area (Å²) in [6, 6.07) is 0. The topological polar surface area (TPSA) is 88.9 Å². The molecule has 58 valence electrons. The van der Waals surface area contributed by atoms with Crippen molar-refractivity contribution < 1.29 is 9.72 Å². The van der Waals surface area contributed by atoms with Gasteiger partial charge >= 0.3 is 5.82 Å². The molecular formula is C5H5N3O3. The van der Waals surface area contributed by atoms with Crippen LogP contribution in [-0.4, -0.2) is 21.4 Å². The summed E-state index contributed by atoms with van der Waals surface area (Å²) in [6.45, 7) is 0. The van der Waals surface area contributed by atoms with Crippen molar-refractivity contribution in [2.45, 2.75) is 6.42 Å². The van der Waals surface area contributed by atoms with Crippen molar-refractivity contribution in [1.29, 1.82) is 0 Å². The highest BCUT2D eigenvalue weighted by molar-refractivity contribution is 5.57. The van der Waals surface area contributed by atoms with E-state index in [0.717, 1.165) is 0 Å². The van der Waals surface area contributed by atoms with Crippen molar-refractivity contribution in [3.8, 4) is 0 Å². The van der Waals surface area contributed by atoms with Crippen LogP contribution in [-0.2, 0) is 11.2 Å². The van der Waals surface area contributed by atoms with E-state index in [0.29, 0.717) is 11.8 Å². The number of nitrogens with one attached hydrogen (secondary N) is 1. The molecule has 0 unspecified atom stereocenters. The lowest BCUT2D eigenvalue weighted by atomic mass is 10.2. The van der Waals surface area contributed by atoms with Crippen molar-refractivity contribution in [2.24, 2.45) is 0 Å². The first-order valence-corrected chi connectivity index (χ1v) is 2.86. The fraction of sp³-hybridized carbons (Fsp3) is 0.200. The second-order valence-electron chi connectivity index (χ2n) is 1.87. The van der Waals surface area contributed by atoms with Gasteiger partial charge in [0.2, 0.25) is 0 Å². The number of aromatic amines is 1. The molecule has 0 spiro atoms. The Bertz CT molecular complexity index is 280. The molecule has 0 aliphatic rings. The van der Waals surface area contributed by atoms with E-state index in [-0.39, 0.29) is 12.2 Å². The minimum Gasteiger partial charge on any atom is -0.358 e. The molecule has 0 saturated carbocycles. The zero-order chi connectivity index (χ0) is 8.27. The summed E-state index contributed by atoms with van der Waals surface area (Å²) in [4.78, 5) is 19.6. The minimum absolute atomic E-state index is 0.0206. The van der Waals surface area contributed by atoms with Gasteiger partial charge in [0, 0.05) is 6.42 Å². The Morgan fingerprint density at radius 3 is 3.09 bits per heavy atom. The molecule has 1 aromatic heterocycles. The maximum absolute atomic E-state index is 10.2. The first kappa shape index (κ1) is 7.39. The monoisotopic (exact) mass is 155 g/mol. The zero-order valence-corrected chi connectivity index (χ0v) is 5.48. The molecule has 0 fully saturated rings. The molecule has 1 rings (SSSR count). The average molecular weight is 155 g/mol. The quantitative estimate of drug-likeness (QED) is 0.379. The second-order valence-corrected chi connectivity index (χ2v) is 1.87. The Kier molecular flexibility index (Phi) is 1.95. The van der Waals surface area contributed by atoms with Crippen LogP contribution in [0.1, 0.15) is 5.56 Å². The molecular weight excluding hydrogens is 150 g/mol. The molecule has 6 heteroatoms. The van der Waals surface area contributed by atoms with Crippen LogP contribution in [0.15, 0.2) is 6.20 Å². The Morgan fingerprint density at radius 1 is 1.82 bits per heavy atom. The van der Waals surface area contributed by atoms with E-state index < -0.39 is 4.92 Å². The average Bonchev–Trinajstić information content (AvgIpc) is 2.36. The van der Waals surface area contributed by atoms with Crippen LogP contribution in [0.4, 0.5) is 5.82 Å². The predicted octanol–water partition coefficient (Wildman–Crippen LogP) is 0.0593. The highest BCUT2D eigenvalue weighted by atomic mass is 16.6. The summed E-state index contributed by atoms with van der Waals surface area (Å²) < 4.78 is 0. The minimum atomic E-state index is -0.605. The zero-order valence-electron chi connectivity index (χ0n) is 5.48. The van der Waals surface area contributed by atoms with Gasteiger partial charge in [0.25, 0.3) is 0 Å². The first-order valence-electron chi connectivity index (χ1n) is 2.86. The molecule has 6 nitrogen and oxygen atoms in total. The maximum atomic E-state index is 10.2. The lowest BCUT2D eigenvalue weighted by Gasteiger charge is -1.90. The largest absolute Gasteiger partial charge is 0.358 e. The summed E-state index contributed by atoms with van der Waals surface area (Å²) in [5.74, 6) is -0.211. The number of H-pyrrole nitrogens is 1. The number of aromatic nitrogens is 2. The van der Waals surface area contributed by atoms with Gasteiger partial charge in [0.1, 0.15) is 6.29 Å². The maximum Gasteiger partial charge on any atom is 0.346 e. The van der Waals surface area contributed by atoms with Crippen molar-refractivity contribution in [2.75, 3.05) is 0 Å². The molecule has 1 N–H and O–H groups in total. The molecule has 0 aliphatic carbocycles. The fourth-order valence-corrected chi connectivity index (χ4v) is 0.702. The van der Waals surface area contributed by atoms with E-state index in [9.17, 15) is 14.9 Å². The SMILES string of the molecule is O=CCc1cn[nH]c1[N+](=O)[O-]. The van der Waals surface area contributed by atoms with Gasteiger partial charge in [-0.15, -0.1) is 5.10 Å². The number of carbonyl (C=O) groups excluding carboxylic acids is 1. The van der Waals surface area contributed by atoms with E-state index >= 15 is 0 Å². The van der Waals surface area contributed by atoms with Gasteiger partial charge in [-0.25, -0.2) is 0 Å². The van der Waals surface area contributed by atoms with Crippen molar-refractivity contribution in [3.05, 3.63) is 21.9 Å². The van der Waals surface area contributed by atoms with E-state index in [1.807, 2.05) is 0 Å². The number of nitro groups is 1. The Hall–Kier alpha value is -1.72. The van der Waals surface area contributed by atoms with Crippen LogP contribution in [0.3, 0.4) is 0 Å². The highest BCUT2D eigenvalue weighted by Crippen LogP contribution is 2.12. The number of aldehydes is 1. The smallest absolute Gasteiger partial charge is 0.346 e. The first-order chi connectivity index (χ1) is 5.25. The lowest BCUT2D eigenvalue weighted by Crippen LogP contribution is -1.93. The van der Waals surface area contributed by atoms with Gasteiger partial charge in [-0.2, -0.15) is 0 Å². The number of carbonyl (C=O) groups is 1. The molecule has 0 saturated heterocycles. The van der Waals surface area contributed by atoms with Gasteiger partial charge in [-0.05, 0) is 4.92 Å². The van der Waals surface area contributed by atoms with E-state index in [1.165, 1.54) is 6.20 Å². The van der Waals surface area contributed by atoms with Crippen LogP contribution in [0.25, 0.3) is 0 Å². The van der Waals surface area contributed by atoms with Crippen LogP contribution >= 0.6 is 0 Å². The van der Waals surface area contributed by atoms with Crippen LogP contribution in [0.2, 0.25) is 0 Å². The molecule has 0 radical (unpaired) electrons. The predicted molar refractivity (Wildman–Crippen MR) is 35.0 cm³/mol. The lowest BCUT2D eigenvalue weighted by molar-refractivity contribution is -0.390. The van der Waals surface area contributed by atoms with Crippen molar-refractivity contribution >= 4 is 12.1 Å². The van der Waals surface area contributed by atoms with Gasteiger partial charge in [-0.3, -0.25) is 0 Å². The van der Waals surface area contributed by atoms with Crippen LogP contribution < -0.4 is 0 Å². The molecule has 1 heterocycles. The molecule has 0 aliphatic heterocycles. The molecule has 0 amide bonds. The molecule has 0 atom stereocenters. The van der Waals surface area contributed by atoms with Gasteiger partial charge in [0.15, 0.2) is 0 Å². The summed E-state index contributed by atoms with van der Waals surface area (Å²) in [5, 5.41) is 15.8. The van der Waals surface area contributed by atoms with Crippen molar-refractivity contribution in [3.63, 3.8) is 0 Å². The third-order valence-corrected chi connectivity index (χ3v) is 1.18. The summed E-state index contributed by atoms with van der Waals surface area (Å²) in [7, 11) is 0. The Balaban J connectivity index is 2.95. The van der Waals surface area contributed by atoms with Gasteiger partial charge < -0.3 is 14.9 Å². The normalized spacial score (nSPS) is 9.45. The van der Waals surface area contributed by atoms with Crippen LogP contribution in [0.5, 0.6) is 0 Å². The Labute approximate surface area is 61.4 Å². The van der Waals surface area contributed by atoms with E-state index in [2.05, 4.69) is 10.2 Å². The van der Waals surface area contributed by atoms with Crippen LogP contribution in [0, 0.1) is 10.1 Å². The number of hydrogen-bond acceptors (Lipinski definition) is 4. The number of nitrogens with zero attached hydrogens (tertiary/aromatic N) is 2. The summed E-state index contributed by atoms with van der Waals surface area (Å²) in [5.41, 5.74) is 0.310. The number of hydrogen-bond donors (Lipinski definition) is 1. The Morgan fingerprint density at radius 2 is 2.55 bits per heavy atom. The number of rotatable bonds is 3. The third kappa shape index (κ3) is 1.40. The molecule has 0 bridgehead atoms. The van der Waals surface area contributed by atoms with Gasteiger partial charge in [0.05, 0.1) is 11.8 Å². The summed E-state index contributed by atoms with van der Waals surface area (Å²) >= 11 is 0. The molecule has 11 heavy (non-hydrogen) atoms. The fourth-order valence-electron chi connectivity index (χ4n) is 0.702. The van der Waals surface area contributed by atoms with Gasteiger partial charge in [-0.1, -0.05) is 5.10 Å². The van der Waals surface area contributed by atoms with E-state index in [1.54, 1.807) is 0 Å². The highest BCUT2D eigenvalue weighted by Gasteiger charge is 2.12. The van der Waals surface area contributed by atoms with Crippen molar-refractivity contribution in [1.82, 2.24) is 10.2 Å². The van der Waals surface area contributed by atoms with E-state index in [4.69, 9.17) is 0 Å². The summed E-state index contributed by atoms with van der Waals surface area (Å²) in [6.07, 6.45) is 1.89. The second kappa shape index (κ2) is 2.91. The standard InChI is InChI=1S/C5H5N3O3/c9-2-1-4-3-6-7-5(4)8(10)11/h2-3H,1H2,(H,6,7). The molecule has 1 aromatic rings. The third-order valence-electron chi connectivity index (χ3n) is 1.18.